The molecule has 1 saturated carbocycles. The largest absolute Gasteiger partial charge is 0.478 e. The SMILES string of the molecule is CCCN(C1CC1)S(=O)(=O)c1cc(Br)c(C)c(C(=O)O)c1. The van der Waals surface area contributed by atoms with Crippen LogP contribution >= 0.6 is 15.9 Å². The summed E-state index contributed by atoms with van der Waals surface area (Å²) in [6.07, 6.45) is 2.48. The first-order valence-corrected chi connectivity index (χ1v) is 9.07. The van der Waals surface area contributed by atoms with Crippen molar-refractivity contribution in [1.82, 2.24) is 4.31 Å². The van der Waals surface area contributed by atoms with Gasteiger partial charge in [0.2, 0.25) is 10.0 Å². The fourth-order valence-corrected chi connectivity index (χ4v) is 4.68. The molecule has 0 aromatic heterocycles. The number of carbonyl (C=O) groups is 1. The first kappa shape index (κ1) is 16.5. The molecule has 116 valence electrons. The standard InChI is InChI=1S/C14H18BrNO4S/c1-3-6-16(10-4-5-10)21(19,20)11-7-12(14(17)18)9(2)13(15)8-11/h7-8,10H,3-6H2,1-2H3,(H,17,18). The molecule has 0 saturated heterocycles. The highest BCUT2D eigenvalue weighted by molar-refractivity contribution is 9.10. The van der Waals surface area contributed by atoms with E-state index in [0.717, 1.165) is 19.3 Å². The van der Waals surface area contributed by atoms with E-state index in [4.69, 9.17) is 0 Å². The summed E-state index contributed by atoms with van der Waals surface area (Å²) in [6, 6.07) is 2.80. The number of rotatable bonds is 6. The fraction of sp³-hybridized carbons (Fsp3) is 0.500. The van der Waals surface area contributed by atoms with Crippen LogP contribution in [0.3, 0.4) is 0 Å². The highest BCUT2D eigenvalue weighted by Crippen LogP contribution is 2.34. The molecule has 1 fully saturated rings. The minimum atomic E-state index is -3.66. The van der Waals surface area contributed by atoms with Gasteiger partial charge in [0, 0.05) is 17.1 Å². The maximum absolute atomic E-state index is 12.8. The van der Waals surface area contributed by atoms with Gasteiger partial charge in [0.1, 0.15) is 0 Å². The number of nitrogens with zero attached hydrogens (tertiary/aromatic N) is 1. The Morgan fingerprint density at radius 2 is 2.05 bits per heavy atom. The smallest absolute Gasteiger partial charge is 0.336 e. The maximum Gasteiger partial charge on any atom is 0.336 e. The molecular weight excluding hydrogens is 358 g/mol. The zero-order chi connectivity index (χ0) is 15.8. The highest BCUT2D eigenvalue weighted by Gasteiger charge is 2.37. The van der Waals surface area contributed by atoms with Crippen LogP contribution in [0.2, 0.25) is 0 Å². The van der Waals surface area contributed by atoms with E-state index in [1.54, 1.807) is 6.92 Å². The number of benzene rings is 1. The zero-order valence-electron chi connectivity index (χ0n) is 12.0. The van der Waals surface area contributed by atoms with Crippen LogP contribution < -0.4 is 0 Å². The minimum Gasteiger partial charge on any atom is -0.478 e. The van der Waals surface area contributed by atoms with Gasteiger partial charge in [0.15, 0.2) is 0 Å². The normalized spacial score (nSPS) is 15.4. The molecule has 0 heterocycles. The summed E-state index contributed by atoms with van der Waals surface area (Å²) in [5.41, 5.74) is 0.533. The van der Waals surface area contributed by atoms with Gasteiger partial charge in [0.05, 0.1) is 10.5 Å². The van der Waals surface area contributed by atoms with Crippen LogP contribution in [-0.4, -0.2) is 36.4 Å². The highest BCUT2D eigenvalue weighted by atomic mass is 79.9. The van der Waals surface area contributed by atoms with Crippen molar-refractivity contribution in [3.8, 4) is 0 Å². The summed E-state index contributed by atoms with van der Waals surface area (Å²) in [6.45, 7) is 4.04. The molecule has 0 unspecified atom stereocenters. The van der Waals surface area contributed by atoms with Crippen molar-refractivity contribution in [3.63, 3.8) is 0 Å². The lowest BCUT2D eigenvalue weighted by atomic mass is 10.1. The third-order valence-corrected chi connectivity index (χ3v) is 6.31. The molecular formula is C14H18BrNO4S. The molecule has 1 aromatic carbocycles. The number of carboxylic acids is 1. The van der Waals surface area contributed by atoms with E-state index < -0.39 is 16.0 Å². The zero-order valence-corrected chi connectivity index (χ0v) is 14.4. The third-order valence-electron chi connectivity index (χ3n) is 3.55. The average molecular weight is 376 g/mol. The lowest BCUT2D eigenvalue weighted by Crippen LogP contribution is -2.34. The van der Waals surface area contributed by atoms with Gasteiger partial charge in [-0.15, -0.1) is 0 Å². The summed E-state index contributed by atoms with van der Waals surface area (Å²) < 4.78 is 27.5. The minimum absolute atomic E-state index is 0.00944. The van der Waals surface area contributed by atoms with E-state index in [9.17, 15) is 18.3 Å². The van der Waals surface area contributed by atoms with Crippen LogP contribution in [-0.2, 0) is 10.0 Å². The van der Waals surface area contributed by atoms with Crippen molar-refractivity contribution >= 4 is 31.9 Å². The fourth-order valence-electron chi connectivity index (χ4n) is 2.24. The third kappa shape index (κ3) is 3.30. The molecule has 0 aliphatic heterocycles. The van der Waals surface area contributed by atoms with Crippen LogP contribution in [0.1, 0.15) is 42.1 Å². The second-order valence-electron chi connectivity index (χ2n) is 5.23. The van der Waals surface area contributed by atoms with Crippen molar-refractivity contribution in [3.05, 3.63) is 27.7 Å². The van der Waals surface area contributed by atoms with Gasteiger partial charge in [-0.25, -0.2) is 13.2 Å². The Kier molecular flexibility index (Phi) is 4.75. The number of sulfonamides is 1. The van der Waals surface area contributed by atoms with Crippen LogP contribution in [0.5, 0.6) is 0 Å². The molecule has 1 aliphatic carbocycles. The Labute approximate surface area is 133 Å². The van der Waals surface area contributed by atoms with Crippen molar-refractivity contribution in [2.75, 3.05) is 6.54 Å². The monoisotopic (exact) mass is 375 g/mol. The van der Waals surface area contributed by atoms with Crippen LogP contribution in [0.15, 0.2) is 21.5 Å². The molecule has 1 N–H and O–H groups in total. The van der Waals surface area contributed by atoms with Crippen LogP contribution in [0, 0.1) is 6.92 Å². The van der Waals surface area contributed by atoms with Crippen molar-refractivity contribution in [2.45, 2.75) is 44.0 Å². The Morgan fingerprint density at radius 3 is 2.52 bits per heavy atom. The molecule has 7 heteroatoms. The van der Waals surface area contributed by atoms with Crippen molar-refractivity contribution < 1.29 is 18.3 Å². The van der Waals surface area contributed by atoms with Crippen LogP contribution in [0.4, 0.5) is 0 Å². The first-order chi connectivity index (χ1) is 9.78. The second kappa shape index (κ2) is 6.06. The van der Waals surface area contributed by atoms with E-state index >= 15 is 0 Å². The first-order valence-electron chi connectivity index (χ1n) is 6.84. The summed E-state index contributed by atoms with van der Waals surface area (Å²) in [5.74, 6) is -1.13. The Balaban J connectivity index is 2.51. The lowest BCUT2D eigenvalue weighted by molar-refractivity contribution is 0.0695. The number of hydrogen-bond donors (Lipinski definition) is 1. The molecule has 1 aliphatic rings. The summed E-state index contributed by atoms with van der Waals surface area (Å²) in [4.78, 5) is 11.3. The van der Waals surface area contributed by atoms with Crippen molar-refractivity contribution in [1.29, 1.82) is 0 Å². The van der Waals surface area contributed by atoms with Gasteiger partial charge in [-0.2, -0.15) is 4.31 Å². The Hall–Kier alpha value is -0.920. The van der Waals surface area contributed by atoms with Gasteiger partial charge in [-0.1, -0.05) is 22.9 Å². The molecule has 1 aromatic rings. The van der Waals surface area contributed by atoms with Gasteiger partial charge in [-0.05, 0) is 43.9 Å². The van der Waals surface area contributed by atoms with Gasteiger partial charge >= 0.3 is 5.97 Å². The van der Waals surface area contributed by atoms with Gasteiger partial charge in [0.25, 0.3) is 0 Å². The molecule has 21 heavy (non-hydrogen) atoms. The Bertz CT molecular complexity index is 668. The van der Waals surface area contributed by atoms with Crippen LogP contribution in [0.25, 0.3) is 0 Å². The number of hydrogen-bond acceptors (Lipinski definition) is 3. The number of halogens is 1. The second-order valence-corrected chi connectivity index (χ2v) is 7.97. The number of aromatic carboxylic acids is 1. The quantitative estimate of drug-likeness (QED) is 0.828. The van der Waals surface area contributed by atoms with Gasteiger partial charge < -0.3 is 5.11 Å². The molecule has 2 rings (SSSR count). The maximum atomic E-state index is 12.8. The molecule has 0 atom stereocenters. The van der Waals surface area contributed by atoms with Crippen molar-refractivity contribution in [2.24, 2.45) is 0 Å². The molecule has 0 spiro atoms. The lowest BCUT2D eigenvalue weighted by Gasteiger charge is -2.22. The van der Waals surface area contributed by atoms with E-state index in [2.05, 4.69) is 15.9 Å². The predicted molar refractivity (Wildman–Crippen MR) is 83.0 cm³/mol. The summed E-state index contributed by atoms with van der Waals surface area (Å²) >= 11 is 3.25. The van der Waals surface area contributed by atoms with E-state index in [0.29, 0.717) is 16.6 Å². The summed E-state index contributed by atoms with van der Waals surface area (Å²) in [7, 11) is -3.66. The molecule has 0 bridgehead atoms. The topological polar surface area (TPSA) is 74.7 Å². The Morgan fingerprint density at radius 1 is 1.43 bits per heavy atom. The molecule has 0 amide bonds. The van der Waals surface area contributed by atoms with E-state index in [-0.39, 0.29) is 16.5 Å². The van der Waals surface area contributed by atoms with E-state index in [1.165, 1.54) is 16.4 Å². The number of carboxylic acid groups (broad SMARTS) is 1. The van der Waals surface area contributed by atoms with E-state index in [1.807, 2.05) is 6.92 Å². The van der Waals surface area contributed by atoms with Gasteiger partial charge in [-0.3, -0.25) is 0 Å². The molecule has 0 radical (unpaired) electrons. The molecule has 5 nitrogen and oxygen atoms in total. The average Bonchev–Trinajstić information content (AvgIpc) is 3.22. The summed E-state index contributed by atoms with van der Waals surface area (Å²) in [5, 5.41) is 9.21. The predicted octanol–water partition coefficient (Wildman–Crippen LogP) is 3.02.